The van der Waals surface area contributed by atoms with E-state index in [1.54, 1.807) is 7.11 Å². The Morgan fingerprint density at radius 3 is 2.89 bits per heavy atom. The topological polar surface area (TPSA) is 30.9 Å². The lowest BCUT2D eigenvalue weighted by molar-refractivity contribution is 0.171. The number of methoxy groups -OCH3 is 1. The average Bonchev–Trinajstić information content (AvgIpc) is 2.87. The van der Waals surface area contributed by atoms with Crippen molar-refractivity contribution >= 4 is 11.8 Å². The van der Waals surface area contributed by atoms with Gasteiger partial charge in [0, 0.05) is 31.1 Å². The maximum absolute atomic E-state index is 5.45. The van der Waals surface area contributed by atoms with Crippen LogP contribution in [-0.4, -0.2) is 43.4 Å². The molecule has 0 amide bonds. The zero-order valence-corrected chi connectivity index (χ0v) is 11.3. The van der Waals surface area contributed by atoms with E-state index in [-0.39, 0.29) is 6.79 Å². The van der Waals surface area contributed by atoms with E-state index in [1.807, 2.05) is 11.8 Å². The molecule has 4 nitrogen and oxygen atoms in total. The van der Waals surface area contributed by atoms with Gasteiger partial charge in [0.25, 0.3) is 0 Å². The Kier molecular flexibility index (Phi) is 3.52. The first kappa shape index (κ1) is 12.0. The molecule has 1 fully saturated rings. The number of hydrogen-bond acceptors (Lipinski definition) is 5. The number of fused-ring (bicyclic) bond motifs is 1. The molecule has 0 saturated carbocycles. The van der Waals surface area contributed by atoms with Gasteiger partial charge in [-0.15, -0.1) is 0 Å². The number of thioether (sulfide) groups is 1. The molecule has 18 heavy (non-hydrogen) atoms. The van der Waals surface area contributed by atoms with Crippen LogP contribution in [-0.2, 0) is 6.54 Å². The van der Waals surface area contributed by atoms with Crippen LogP contribution in [0.5, 0.6) is 17.2 Å². The summed E-state index contributed by atoms with van der Waals surface area (Å²) < 4.78 is 16.2. The summed E-state index contributed by atoms with van der Waals surface area (Å²) in [7, 11) is 1.67. The van der Waals surface area contributed by atoms with E-state index in [4.69, 9.17) is 14.2 Å². The van der Waals surface area contributed by atoms with E-state index < -0.39 is 0 Å². The van der Waals surface area contributed by atoms with E-state index in [0.29, 0.717) is 0 Å². The van der Waals surface area contributed by atoms with Gasteiger partial charge in [0.2, 0.25) is 12.5 Å². The van der Waals surface area contributed by atoms with E-state index >= 15 is 0 Å². The van der Waals surface area contributed by atoms with Gasteiger partial charge in [0.15, 0.2) is 11.5 Å². The molecular formula is C13H17NO3S. The second kappa shape index (κ2) is 5.28. The van der Waals surface area contributed by atoms with E-state index in [0.717, 1.165) is 36.9 Å². The summed E-state index contributed by atoms with van der Waals surface area (Å²) in [5.74, 6) is 4.75. The predicted molar refractivity (Wildman–Crippen MR) is 71.7 cm³/mol. The third-order valence-corrected chi connectivity index (χ3v) is 4.17. The molecule has 0 atom stereocenters. The fourth-order valence-corrected chi connectivity index (χ4v) is 3.27. The van der Waals surface area contributed by atoms with Crippen LogP contribution in [0.15, 0.2) is 12.1 Å². The third-order valence-electron chi connectivity index (χ3n) is 3.23. The predicted octanol–water partition coefficient (Wildman–Crippen LogP) is 1.97. The maximum atomic E-state index is 5.45. The molecule has 0 aromatic heterocycles. The molecular weight excluding hydrogens is 250 g/mol. The summed E-state index contributed by atoms with van der Waals surface area (Å²) in [6.45, 7) is 3.55. The molecule has 1 aromatic rings. The second-order valence-electron chi connectivity index (χ2n) is 4.42. The van der Waals surface area contributed by atoms with Crippen LogP contribution in [0, 0.1) is 0 Å². The molecule has 0 radical (unpaired) electrons. The highest BCUT2D eigenvalue weighted by atomic mass is 32.2. The van der Waals surface area contributed by atoms with Crippen molar-refractivity contribution in [2.24, 2.45) is 0 Å². The Balaban J connectivity index is 1.79. The summed E-state index contributed by atoms with van der Waals surface area (Å²) in [4.78, 5) is 2.47. The lowest BCUT2D eigenvalue weighted by Crippen LogP contribution is -2.31. The minimum atomic E-state index is 0.287. The van der Waals surface area contributed by atoms with Crippen LogP contribution in [0.3, 0.4) is 0 Å². The molecule has 0 spiro atoms. The van der Waals surface area contributed by atoms with Gasteiger partial charge in [-0.1, -0.05) is 0 Å². The van der Waals surface area contributed by atoms with Crippen LogP contribution < -0.4 is 14.2 Å². The molecule has 2 aliphatic rings. The van der Waals surface area contributed by atoms with Gasteiger partial charge in [-0.05, 0) is 17.7 Å². The smallest absolute Gasteiger partial charge is 0.231 e. The molecule has 1 aromatic carbocycles. The van der Waals surface area contributed by atoms with Crippen LogP contribution in [0.4, 0.5) is 0 Å². The van der Waals surface area contributed by atoms with Crippen LogP contribution in [0.1, 0.15) is 5.56 Å². The Bertz CT molecular complexity index is 432. The number of hydrogen-bond donors (Lipinski definition) is 0. The van der Waals surface area contributed by atoms with Gasteiger partial charge in [-0.25, -0.2) is 0 Å². The molecule has 0 bridgehead atoms. The summed E-state index contributed by atoms with van der Waals surface area (Å²) in [5.41, 5.74) is 1.23. The van der Waals surface area contributed by atoms with Gasteiger partial charge in [-0.2, -0.15) is 11.8 Å². The summed E-state index contributed by atoms with van der Waals surface area (Å²) in [6, 6.07) is 4.11. The summed E-state index contributed by atoms with van der Waals surface area (Å²) >= 11 is 2.03. The highest BCUT2D eigenvalue weighted by Crippen LogP contribution is 2.42. The zero-order valence-electron chi connectivity index (χ0n) is 10.5. The lowest BCUT2D eigenvalue weighted by atomic mass is 10.1. The minimum absolute atomic E-state index is 0.287. The van der Waals surface area contributed by atoms with Crippen molar-refractivity contribution in [2.45, 2.75) is 6.54 Å². The maximum Gasteiger partial charge on any atom is 0.231 e. The molecule has 0 unspecified atom stereocenters. The van der Waals surface area contributed by atoms with Crippen LogP contribution in [0.2, 0.25) is 0 Å². The third kappa shape index (κ3) is 2.37. The quantitative estimate of drug-likeness (QED) is 0.835. The standard InChI is InChI=1S/C13H17NO3S/c1-15-11-6-10(7-12-13(11)17-9-16-12)8-14-2-4-18-5-3-14/h6-7H,2-5,8-9H2,1H3. The van der Waals surface area contributed by atoms with E-state index in [1.165, 1.54) is 17.1 Å². The summed E-state index contributed by atoms with van der Waals surface area (Å²) in [6.07, 6.45) is 0. The first-order valence-electron chi connectivity index (χ1n) is 6.13. The van der Waals surface area contributed by atoms with Crippen molar-refractivity contribution in [3.8, 4) is 17.2 Å². The van der Waals surface area contributed by atoms with Crippen molar-refractivity contribution in [3.63, 3.8) is 0 Å². The van der Waals surface area contributed by atoms with Gasteiger partial charge < -0.3 is 14.2 Å². The zero-order chi connectivity index (χ0) is 12.4. The fourth-order valence-electron chi connectivity index (χ4n) is 2.29. The number of rotatable bonds is 3. The Hall–Kier alpha value is -1.07. The summed E-state index contributed by atoms with van der Waals surface area (Å²) in [5, 5.41) is 0. The number of benzene rings is 1. The first-order chi connectivity index (χ1) is 8.86. The van der Waals surface area contributed by atoms with Crippen molar-refractivity contribution in [1.82, 2.24) is 4.90 Å². The van der Waals surface area contributed by atoms with Crippen molar-refractivity contribution < 1.29 is 14.2 Å². The van der Waals surface area contributed by atoms with E-state index in [2.05, 4.69) is 17.0 Å². The highest BCUT2D eigenvalue weighted by Gasteiger charge is 2.21. The minimum Gasteiger partial charge on any atom is -0.493 e. The SMILES string of the molecule is COc1cc(CN2CCSCC2)cc2c1OCO2. The van der Waals surface area contributed by atoms with Gasteiger partial charge >= 0.3 is 0 Å². The highest BCUT2D eigenvalue weighted by molar-refractivity contribution is 7.99. The number of ether oxygens (including phenoxy) is 3. The Morgan fingerprint density at radius 2 is 2.11 bits per heavy atom. The van der Waals surface area contributed by atoms with Gasteiger partial charge in [0.05, 0.1) is 7.11 Å². The van der Waals surface area contributed by atoms with Gasteiger partial charge in [0.1, 0.15) is 0 Å². The van der Waals surface area contributed by atoms with Crippen LogP contribution >= 0.6 is 11.8 Å². The van der Waals surface area contributed by atoms with Crippen LogP contribution in [0.25, 0.3) is 0 Å². The lowest BCUT2D eigenvalue weighted by Gasteiger charge is -2.26. The Labute approximate surface area is 111 Å². The molecule has 98 valence electrons. The fraction of sp³-hybridized carbons (Fsp3) is 0.538. The van der Waals surface area contributed by atoms with E-state index in [9.17, 15) is 0 Å². The molecule has 5 heteroatoms. The average molecular weight is 267 g/mol. The van der Waals surface area contributed by atoms with Crippen molar-refractivity contribution in [2.75, 3.05) is 38.5 Å². The second-order valence-corrected chi connectivity index (χ2v) is 5.65. The van der Waals surface area contributed by atoms with Gasteiger partial charge in [-0.3, -0.25) is 4.90 Å². The molecule has 2 heterocycles. The molecule has 0 aliphatic carbocycles. The van der Waals surface area contributed by atoms with Crippen molar-refractivity contribution in [3.05, 3.63) is 17.7 Å². The largest absolute Gasteiger partial charge is 0.493 e. The first-order valence-corrected chi connectivity index (χ1v) is 7.29. The normalized spacial score (nSPS) is 18.9. The molecule has 2 aliphatic heterocycles. The molecule has 0 N–H and O–H groups in total. The number of nitrogens with zero attached hydrogens (tertiary/aromatic N) is 1. The Morgan fingerprint density at radius 1 is 1.28 bits per heavy atom. The molecule has 3 rings (SSSR count). The molecule has 1 saturated heterocycles. The monoisotopic (exact) mass is 267 g/mol. The van der Waals surface area contributed by atoms with Crippen molar-refractivity contribution in [1.29, 1.82) is 0 Å².